The number of carbonyl (C=O) groups excluding carboxylic acids is 1. The lowest BCUT2D eigenvalue weighted by molar-refractivity contribution is 0.101. The van der Waals surface area contributed by atoms with Gasteiger partial charge in [-0.3, -0.25) is 10.1 Å². The maximum atomic E-state index is 11.8. The zero-order valence-electron chi connectivity index (χ0n) is 9.84. The topological polar surface area (TPSA) is 72.7 Å². The predicted molar refractivity (Wildman–Crippen MR) is 65.2 cm³/mol. The molecule has 0 atom stereocenters. The first-order chi connectivity index (χ1) is 8.08. The van der Waals surface area contributed by atoms with Crippen molar-refractivity contribution in [2.24, 2.45) is 7.05 Å². The van der Waals surface area contributed by atoms with Gasteiger partial charge < -0.3 is 4.57 Å². The van der Waals surface area contributed by atoms with Crippen LogP contribution in [-0.4, -0.2) is 25.7 Å². The number of hydrogen-bond acceptors (Lipinski definition) is 5. The van der Waals surface area contributed by atoms with Crippen LogP contribution in [0.2, 0.25) is 0 Å². The smallest absolute Gasteiger partial charge is 0.293 e. The molecule has 0 bridgehead atoms. The zero-order chi connectivity index (χ0) is 12.4. The fraction of sp³-hybridized carbons (Fsp3) is 0.400. The van der Waals surface area contributed by atoms with Gasteiger partial charge in [0.25, 0.3) is 5.91 Å². The minimum absolute atomic E-state index is 0.274. The molecule has 6 nitrogen and oxygen atoms in total. The molecule has 0 saturated carbocycles. The van der Waals surface area contributed by atoms with Crippen molar-refractivity contribution in [2.45, 2.75) is 19.8 Å². The summed E-state index contributed by atoms with van der Waals surface area (Å²) in [4.78, 5) is 15.8. The van der Waals surface area contributed by atoms with Crippen LogP contribution in [0.1, 0.15) is 35.4 Å². The molecule has 1 N–H and O–H groups in total. The van der Waals surface area contributed by atoms with E-state index in [0.29, 0.717) is 16.9 Å². The van der Waals surface area contributed by atoms with Gasteiger partial charge in [0.1, 0.15) is 5.01 Å². The number of hydrogen-bond donors (Lipinski definition) is 1. The summed E-state index contributed by atoms with van der Waals surface area (Å²) in [6.45, 7) is 4.07. The summed E-state index contributed by atoms with van der Waals surface area (Å²) >= 11 is 1.38. The van der Waals surface area contributed by atoms with Crippen molar-refractivity contribution in [3.63, 3.8) is 0 Å². The van der Waals surface area contributed by atoms with E-state index >= 15 is 0 Å². The number of rotatable bonds is 3. The number of aromatic nitrogens is 4. The Kier molecular flexibility index (Phi) is 3.19. The average molecular weight is 251 g/mol. The number of imidazole rings is 1. The van der Waals surface area contributed by atoms with Crippen molar-refractivity contribution in [2.75, 3.05) is 5.32 Å². The third kappa shape index (κ3) is 2.50. The third-order valence-electron chi connectivity index (χ3n) is 2.18. The van der Waals surface area contributed by atoms with Gasteiger partial charge in [-0.1, -0.05) is 25.2 Å². The Morgan fingerprint density at radius 2 is 2.24 bits per heavy atom. The Morgan fingerprint density at radius 3 is 2.76 bits per heavy atom. The van der Waals surface area contributed by atoms with Crippen LogP contribution in [0, 0.1) is 0 Å². The van der Waals surface area contributed by atoms with Gasteiger partial charge >= 0.3 is 0 Å². The van der Waals surface area contributed by atoms with Crippen molar-refractivity contribution in [1.29, 1.82) is 0 Å². The SMILES string of the molecule is CC(C)c1nnc(NC(=O)c2nccn2C)s1. The molecular formula is C10H13N5OS. The third-order valence-corrected chi connectivity index (χ3v) is 3.32. The van der Waals surface area contributed by atoms with Gasteiger partial charge in [0.15, 0.2) is 5.82 Å². The highest BCUT2D eigenvalue weighted by molar-refractivity contribution is 7.15. The van der Waals surface area contributed by atoms with E-state index in [0.717, 1.165) is 5.01 Å². The number of amides is 1. The van der Waals surface area contributed by atoms with Gasteiger partial charge in [0, 0.05) is 25.4 Å². The molecule has 0 aliphatic heterocycles. The molecule has 0 saturated heterocycles. The van der Waals surface area contributed by atoms with Gasteiger partial charge in [-0.05, 0) is 0 Å². The van der Waals surface area contributed by atoms with Crippen LogP contribution in [0.15, 0.2) is 12.4 Å². The summed E-state index contributed by atoms with van der Waals surface area (Å²) in [5, 5.41) is 12.0. The van der Waals surface area contributed by atoms with E-state index in [4.69, 9.17) is 0 Å². The molecule has 1 amide bonds. The lowest BCUT2D eigenvalue weighted by Gasteiger charge is -2.00. The van der Waals surface area contributed by atoms with Crippen LogP contribution in [0.5, 0.6) is 0 Å². The largest absolute Gasteiger partial charge is 0.330 e. The minimum atomic E-state index is -0.274. The second-order valence-electron chi connectivity index (χ2n) is 3.92. The molecule has 2 aromatic rings. The van der Waals surface area contributed by atoms with Crippen molar-refractivity contribution in [3.8, 4) is 0 Å². The highest BCUT2D eigenvalue weighted by atomic mass is 32.1. The second kappa shape index (κ2) is 4.62. The Hall–Kier alpha value is -1.76. The Balaban J connectivity index is 2.11. The number of carbonyl (C=O) groups is 1. The molecule has 0 aliphatic rings. The van der Waals surface area contributed by atoms with Crippen LogP contribution in [0.4, 0.5) is 5.13 Å². The predicted octanol–water partition coefficient (Wildman–Crippen LogP) is 1.65. The van der Waals surface area contributed by atoms with Crippen molar-refractivity contribution < 1.29 is 4.79 Å². The molecule has 0 aromatic carbocycles. The lowest BCUT2D eigenvalue weighted by Crippen LogP contribution is -2.16. The van der Waals surface area contributed by atoms with Crippen LogP contribution in [-0.2, 0) is 7.05 Å². The Labute approximate surface area is 103 Å². The molecule has 0 fully saturated rings. The Bertz CT molecular complexity index is 530. The van der Waals surface area contributed by atoms with E-state index in [1.54, 1.807) is 24.0 Å². The molecule has 0 aliphatic carbocycles. The Morgan fingerprint density at radius 1 is 1.47 bits per heavy atom. The van der Waals surface area contributed by atoms with Crippen LogP contribution in [0.25, 0.3) is 0 Å². The molecule has 0 unspecified atom stereocenters. The second-order valence-corrected chi connectivity index (χ2v) is 4.93. The van der Waals surface area contributed by atoms with Crippen LogP contribution >= 0.6 is 11.3 Å². The molecule has 0 radical (unpaired) electrons. The monoisotopic (exact) mass is 251 g/mol. The van der Waals surface area contributed by atoms with E-state index in [1.165, 1.54) is 11.3 Å². The summed E-state index contributed by atoms with van der Waals surface area (Å²) in [7, 11) is 1.77. The molecule has 17 heavy (non-hydrogen) atoms. The number of nitrogens with zero attached hydrogens (tertiary/aromatic N) is 4. The lowest BCUT2D eigenvalue weighted by atomic mass is 10.2. The highest BCUT2D eigenvalue weighted by Crippen LogP contribution is 2.22. The van der Waals surface area contributed by atoms with E-state index in [1.807, 2.05) is 13.8 Å². The molecular weight excluding hydrogens is 238 g/mol. The average Bonchev–Trinajstić information content (AvgIpc) is 2.86. The number of aryl methyl sites for hydroxylation is 1. The van der Waals surface area contributed by atoms with Gasteiger partial charge in [0.2, 0.25) is 5.13 Å². The van der Waals surface area contributed by atoms with Crippen LogP contribution in [0.3, 0.4) is 0 Å². The summed E-state index contributed by atoms with van der Waals surface area (Å²) < 4.78 is 1.65. The zero-order valence-corrected chi connectivity index (χ0v) is 10.7. The molecule has 7 heteroatoms. The first kappa shape index (κ1) is 11.7. The van der Waals surface area contributed by atoms with E-state index in [-0.39, 0.29) is 5.91 Å². The quantitative estimate of drug-likeness (QED) is 0.900. The summed E-state index contributed by atoms with van der Waals surface area (Å²) in [5.41, 5.74) is 0. The van der Waals surface area contributed by atoms with Crippen molar-refractivity contribution >= 4 is 22.4 Å². The minimum Gasteiger partial charge on any atom is -0.330 e. The fourth-order valence-electron chi connectivity index (χ4n) is 1.26. The molecule has 90 valence electrons. The van der Waals surface area contributed by atoms with Gasteiger partial charge in [-0.15, -0.1) is 10.2 Å². The van der Waals surface area contributed by atoms with Gasteiger partial charge in [-0.25, -0.2) is 4.98 Å². The number of anilines is 1. The maximum absolute atomic E-state index is 11.8. The summed E-state index contributed by atoms with van der Waals surface area (Å²) in [6.07, 6.45) is 3.29. The first-order valence-electron chi connectivity index (χ1n) is 5.20. The van der Waals surface area contributed by atoms with Crippen LogP contribution < -0.4 is 5.32 Å². The fourth-order valence-corrected chi connectivity index (χ4v) is 2.00. The summed E-state index contributed by atoms with van der Waals surface area (Å²) in [5.74, 6) is 0.390. The molecule has 2 rings (SSSR count). The maximum Gasteiger partial charge on any atom is 0.293 e. The molecule has 2 aromatic heterocycles. The molecule has 2 heterocycles. The van der Waals surface area contributed by atoms with E-state index in [9.17, 15) is 4.79 Å². The standard InChI is InChI=1S/C10H13N5OS/c1-6(2)9-13-14-10(17-9)12-8(16)7-11-4-5-15(7)3/h4-6H,1-3H3,(H,12,14,16). The normalized spacial score (nSPS) is 10.8. The van der Waals surface area contributed by atoms with Gasteiger partial charge in [-0.2, -0.15) is 0 Å². The first-order valence-corrected chi connectivity index (χ1v) is 6.01. The van der Waals surface area contributed by atoms with Gasteiger partial charge in [0.05, 0.1) is 0 Å². The number of nitrogens with one attached hydrogen (secondary N) is 1. The summed E-state index contributed by atoms with van der Waals surface area (Å²) in [6, 6.07) is 0. The van der Waals surface area contributed by atoms with E-state index < -0.39 is 0 Å². The van der Waals surface area contributed by atoms with E-state index in [2.05, 4.69) is 20.5 Å². The highest BCUT2D eigenvalue weighted by Gasteiger charge is 2.14. The van der Waals surface area contributed by atoms with Crippen molar-refractivity contribution in [1.82, 2.24) is 19.7 Å². The van der Waals surface area contributed by atoms with Crippen molar-refractivity contribution in [3.05, 3.63) is 23.2 Å². The molecule has 0 spiro atoms.